The van der Waals surface area contributed by atoms with Crippen molar-refractivity contribution in [1.82, 2.24) is 10.2 Å². The Morgan fingerprint density at radius 3 is 2.33 bits per heavy atom. The van der Waals surface area contributed by atoms with Crippen molar-refractivity contribution >= 4 is 17.5 Å². The molecule has 0 spiro atoms. The lowest BCUT2D eigenvalue weighted by atomic mass is 10.1. The molecule has 1 aromatic carbocycles. The summed E-state index contributed by atoms with van der Waals surface area (Å²) in [7, 11) is 4.60. The molecule has 1 aromatic rings. The Bertz CT molecular complexity index is 698. The fraction of sp³-hybridized carbons (Fsp3) is 0.579. The van der Waals surface area contributed by atoms with Gasteiger partial charge in [0.2, 0.25) is 17.6 Å². The number of benzene rings is 1. The van der Waals surface area contributed by atoms with E-state index in [1.54, 1.807) is 17.0 Å². The van der Waals surface area contributed by atoms with E-state index in [2.05, 4.69) is 12.2 Å². The number of hydrogen-bond acceptors (Lipinski definition) is 6. The van der Waals surface area contributed by atoms with Crippen molar-refractivity contribution < 1.29 is 23.8 Å². The largest absolute Gasteiger partial charge is 0.493 e. The summed E-state index contributed by atoms with van der Waals surface area (Å²) in [5.74, 6) is 1.06. The SMILES string of the molecule is COc1cc(N2CC(C(=O)N3CCNC(C)C3)CC2=O)cc(OC)c1OC. The lowest BCUT2D eigenvalue weighted by Crippen LogP contribution is -2.53. The highest BCUT2D eigenvalue weighted by Gasteiger charge is 2.38. The van der Waals surface area contributed by atoms with Crippen LogP contribution in [0.3, 0.4) is 0 Å². The minimum atomic E-state index is -0.332. The summed E-state index contributed by atoms with van der Waals surface area (Å²) in [5.41, 5.74) is 0.637. The number of ether oxygens (including phenoxy) is 3. The molecular formula is C19H27N3O5. The van der Waals surface area contributed by atoms with Crippen molar-refractivity contribution in [3.05, 3.63) is 12.1 Å². The molecule has 0 aliphatic carbocycles. The van der Waals surface area contributed by atoms with Crippen LogP contribution in [0.2, 0.25) is 0 Å². The van der Waals surface area contributed by atoms with Gasteiger partial charge in [0.15, 0.2) is 11.5 Å². The average molecular weight is 377 g/mol. The smallest absolute Gasteiger partial charge is 0.228 e. The van der Waals surface area contributed by atoms with Crippen molar-refractivity contribution in [3.8, 4) is 17.2 Å². The first-order valence-electron chi connectivity index (χ1n) is 9.11. The Morgan fingerprint density at radius 1 is 1.11 bits per heavy atom. The molecule has 2 aliphatic rings. The van der Waals surface area contributed by atoms with Gasteiger partial charge in [-0.1, -0.05) is 0 Å². The Balaban J connectivity index is 1.80. The second-order valence-electron chi connectivity index (χ2n) is 6.93. The predicted molar refractivity (Wildman–Crippen MR) is 101 cm³/mol. The summed E-state index contributed by atoms with van der Waals surface area (Å²) >= 11 is 0. The van der Waals surface area contributed by atoms with Gasteiger partial charge in [0.25, 0.3) is 0 Å². The van der Waals surface area contributed by atoms with Crippen LogP contribution in [0.1, 0.15) is 13.3 Å². The molecule has 0 radical (unpaired) electrons. The molecule has 0 bridgehead atoms. The van der Waals surface area contributed by atoms with Gasteiger partial charge in [-0.2, -0.15) is 0 Å². The molecule has 8 nitrogen and oxygen atoms in total. The Labute approximate surface area is 159 Å². The normalized spacial score (nSPS) is 22.7. The van der Waals surface area contributed by atoms with Gasteiger partial charge in [0.1, 0.15) is 0 Å². The maximum Gasteiger partial charge on any atom is 0.228 e. The van der Waals surface area contributed by atoms with Crippen LogP contribution in [0.5, 0.6) is 17.2 Å². The Morgan fingerprint density at radius 2 is 1.78 bits per heavy atom. The summed E-state index contributed by atoms with van der Waals surface area (Å²) in [6.07, 6.45) is 0.216. The number of nitrogens with one attached hydrogen (secondary N) is 1. The number of nitrogens with zero attached hydrogens (tertiary/aromatic N) is 2. The quantitative estimate of drug-likeness (QED) is 0.821. The third-order valence-electron chi connectivity index (χ3n) is 5.12. The summed E-state index contributed by atoms with van der Waals surface area (Å²) in [6.45, 7) is 4.55. The predicted octanol–water partition coefficient (Wildman–Crippen LogP) is 0.886. The molecule has 2 unspecified atom stereocenters. The van der Waals surface area contributed by atoms with Crippen molar-refractivity contribution in [3.63, 3.8) is 0 Å². The van der Waals surface area contributed by atoms with E-state index in [9.17, 15) is 9.59 Å². The van der Waals surface area contributed by atoms with E-state index in [0.29, 0.717) is 42.6 Å². The molecule has 2 amide bonds. The number of hydrogen-bond donors (Lipinski definition) is 1. The van der Waals surface area contributed by atoms with Crippen LogP contribution >= 0.6 is 0 Å². The van der Waals surface area contributed by atoms with Crippen LogP contribution in [0.15, 0.2) is 12.1 Å². The molecule has 8 heteroatoms. The third-order valence-corrected chi connectivity index (χ3v) is 5.12. The van der Waals surface area contributed by atoms with Gasteiger partial charge in [0, 0.05) is 50.8 Å². The molecule has 2 fully saturated rings. The van der Waals surface area contributed by atoms with E-state index in [1.165, 1.54) is 21.3 Å². The molecule has 148 valence electrons. The van der Waals surface area contributed by atoms with Crippen LogP contribution in [0.25, 0.3) is 0 Å². The fourth-order valence-electron chi connectivity index (χ4n) is 3.74. The number of amides is 2. The summed E-state index contributed by atoms with van der Waals surface area (Å²) in [6, 6.07) is 3.74. The van der Waals surface area contributed by atoms with Gasteiger partial charge in [-0.15, -0.1) is 0 Å². The second kappa shape index (κ2) is 8.04. The first-order valence-corrected chi connectivity index (χ1v) is 9.11. The van der Waals surface area contributed by atoms with Crippen LogP contribution < -0.4 is 24.4 Å². The maximum atomic E-state index is 12.9. The molecule has 0 saturated carbocycles. The highest BCUT2D eigenvalue weighted by Crippen LogP contribution is 2.42. The lowest BCUT2D eigenvalue weighted by Gasteiger charge is -2.33. The van der Waals surface area contributed by atoms with Gasteiger partial charge in [-0.25, -0.2) is 0 Å². The highest BCUT2D eigenvalue weighted by atomic mass is 16.5. The van der Waals surface area contributed by atoms with Gasteiger partial charge in [0.05, 0.1) is 32.9 Å². The van der Waals surface area contributed by atoms with E-state index in [1.807, 2.05) is 4.90 Å². The van der Waals surface area contributed by atoms with E-state index < -0.39 is 0 Å². The van der Waals surface area contributed by atoms with Crippen LogP contribution in [-0.4, -0.2) is 70.3 Å². The van der Waals surface area contributed by atoms with Crippen molar-refractivity contribution in [1.29, 1.82) is 0 Å². The highest BCUT2D eigenvalue weighted by molar-refractivity contribution is 6.00. The molecule has 2 atom stereocenters. The molecule has 2 aliphatic heterocycles. The number of rotatable bonds is 5. The summed E-state index contributed by atoms with van der Waals surface area (Å²) in [4.78, 5) is 29.0. The molecule has 1 N–H and O–H groups in total. The van der Waals surface area contributed by atoms with E-state index in [0.717, 1.165) is 6.54 Å². The number of carbonyl (C=O) groups is 2. The molecule has 2 saturated heterocycles. The molecule has 0 aromatic heterocycles. The van der Waals surface area contributed by atoms with Crippen LogP contribution in [0, 0.1) is 5.92 Å². The lowest BCUT2D eigenvalue weighted by molar-refractivity contribution is -0.136. The van der Waals surface area contributed by atoms with Crippen molar-refractivity contribution in [2.45, 2.75) is 19.4 Å². The van der Waals surface area contributed by atoms with Crippen molar-refractivity contribution in [2.75, 3.05) is 52.4 Å². The Kier molecular flexibility index (Phi) is 5.74. The second-order valence-corrected chi connectivity index (χ2v) is 6.93. The third kappa shape index (κ3) is 3.80. The first-order chi connectivity index (χ1) is 13.0. The zero-order valence-corrected chi connectivity index (χ0v) is 16.3. The zero-order chi connectivity index (χ0) is 19.6. The van der Waals surface area contributed by atoms with Crippen molar-refractivity contribution in [2.24, 2.45) is 5.92 Å². The first kappa shape index (κ1) is 19.3. The maximum absolute atomic E-state index is 12.9. The molecule has 27 heavy (non-hydrogen) atoms. The Hall–Kier alpha value is -2.48. The van der Waals surface area contributed by atoms with Gasteiger partial charge < -0.3 is 29.3 Å². The molecule has 3 rings (SSSR count). The number of anilines is 1. The number of piperazine rings is 1. The topological polar surface area (TPSA) is 80.3 Å². The van der Waals surface area contributed by atoms with E-state index >= 15 is 0 Å². The average Bonchev–Trinajstić information content (AvgIpc) is 3.07. The van der Waals surface area contributed by atoms with Gasteiger partial charge in [-0.05, 0) is 6.92 Å². The standard InChI is InChI=1S/C19H27N3O5/c1-12-10-21(6-5-20-12)19(24)13-7-17(23)22(11-13)14-8-15(25-2)18(27-4)16(9-14)26-3/h8-9,12-13,20H,5-7,10-11H2,1-4H3. The molecule has 2 heterocycles. The van der Waals surface area contributed by atoms with E-state index in [4.69, 9.17) is 14.2 Å². The summed E-state index contributed by atoms with van der Waals surface area (Å²) < 4.78 is 16.1. The van der Waals surface area contributed by atoms with Crippen LogP contribution in [0.4, 0.5) is 5.69 Å². The summed E-state index contributed by atoms with van der Waals surface area (Å²) in [5, 5.41) is 3.33. The van der Waals surface area contributed by atoms with Crippen LogP contribution in [-0.2, 0) is 9.59 Å². The zero-order valence-electron chi connectivity index (χ0n) is 16.3. The van der Waals surface area contributed by atoms with E-state index in [-0.39, 0.29) is 30.2 Å². The number of carbonyl (C=O) groups excluding carboxylic acids is 2. The number of methoxy groups -OCH3 is 3. The monoisotopic (exact) mass is 377 g/mol. The fourth-order valence-corrected chi connectivity index (χ4v) is 3.74. The molecular weight excluding hydrogens is 350 g/mol. The van der Waals surface area contributed by atoms with Gasteiger partial charge >= 0.3 is 0 Å². The minimum Gasteiger partial charge on any atom is -0.493 e. The van der Waals surface area contributed by atoms with Gasteiger partial charge in [-0.3, -0.25) is 9.59 Å². The minimum absolute atomic E-state index is 0.0478.